The molecule has 0 fully saturated rings. The van der Waals surface area contributed by atoms with Crippen molar-refractivity contribution >= 4 is 46.8 Å². The molecule has 1 atom stereocenters. The van der Waals surface area contributed by atoms with Crippen molar-refractivity contribution in [2.45, 2.75) is 6.04 Å². The largest absolute Gasteiger partial charge is 0.495 e. The quantitative estimate of drug-likeness (QED) is 0.663. The summed E-state index contributed by atoms with van der Waals surface area (Å²) in [5.41, 5.74) is 1.68. The molecule has 0 saturated heterocycles. The number of benzene rings is 2. The monoisotopic (exact) mass is 461 g/mol. The maximum atomic E-state index is 12.8. The lowest BCUT2D eigenvalue weighted by Crippen LogP contribution is -2.49. The van der Waals surface area contributed by atoms with Gasteiger partial charge in [0.05, 0.1) is 30.1 Å². The summed E-state index contributed by atoms with van der Waals surface area (Å²) in [6.07, 6.45) is 0. The van der Waals surface area contributed by atoms with Crippen LogP contribution in [0.4, 0.5) is 10.5 Å². The van der Waals surface area contributed by atoms with Crippen LogP contribution in [0.1, 0.15) is 11.6 Å². The Hall–Kier alpha value is -3.23. The molecule has 0 bridgehead atoms. The van der Waals surface area contributed by atoms with Gasteiger partial charge in [-0.25, -0.2) is 9.59 Å². The van der Waals surface area contributed by atoms with Gasteiger partial charge < -0.3 is 20.1 Å². The van der Waals surface area contributed by atoms with Gasteiger partial charge in [0.15, 0.2) is 0 Å². The molecule has 0 saturated carbocycles. The van der Waals surface area contributed by atoms with Gasteiger partial charge in [-0.3, -0.25) is 9.69 Å². The first kappa shape index (κ1) is 21.0. The Balaban J connectivity index is 1.59. The number of cyclic esters (lactones) is 1. The summed E-state index contributed by atoms with van der Waals surface area (Å²) in [5, 5.41) is 6.39. The lowest BCUT2D eigenvalue weighted by Gasteiger charge is -2.32. The van der Waals surface area contributed by atoms with Crippen molar-refractivity contribution in [3.8, 4) is 5.75 Å². The Labute approximate surface area is 187 Å². The van der Waals surface area contributed by atoms with Gasteiger partial charge in [0.1, 0.15) is 18.9 Å². The molecule has 4 rings (SSSR count). The number of amides is 3. The summed E-state index contributed by atoms with van der Waals surface area (Å²) in [6, 6.07) is 10.3. The first-order chi connectivity index (χ1) is 14.9. The first-order valence-electron chi connectivity index (χ1n) is 9.24. The highest BCUT2D eigenvalue weighted by molar-refractivity contribution is 6.31. The zero-order valence-corrected chi connectivity index (χ0v) is 17.8. The van der Waals surface area contributed by atoms with Crippen molar-refractivity contribution in [2.75, 3.05) is 25.6 Å². The molecule has 2 aromatic rings. The van der Waals surface area contributed by atoms with Crippen LogP contribution in [0.25, 0.3) is 0 Å². The second kappa shape index (κ2) is 8.49. The van der Waals surface area contributed by atoms with E-state index in [1.807, 2.05) is 0 Å². The van der Waals surface area contributed by atoms with Crippen LogP contribution in [0, 0.1) is 0 Å². The summed E-state index contributed by atoms with van der Waals surface area (Å²) in [6.45, 7) is -0.427. The minimum atomic E-state index is -0.692. The Bertz CT molecular complexity index is 1100. The maximum Gasteiger partial charge on any atom is 0.338 e. The minimum absolute atomic E-state index is 0.0978. The van der Waals surface area contributed by atoms with E-state index in [-0.39, 0.29) is 18.7 Å². The second-order valence-electron chi connectivity index (χ2n) is 6.85. The Morgan fingerprint density at radius 2 is 1.90 bits per heavy atom. The second-order valence-corrected chi connectivity index (χ2v) is 7.72. The van der Waals surface area contributed by atoms with E-state index in [2.05, 4.69) is 10.6 Å². The Morgan fingerprint density at radius 1 is 1.19 bits per heavy atom. The van der Waals surface area contributed by atoms with Gasteiger partial charge in [0.25, 0.3) is 0 Å². The van der Waals surface area contributed by atoms with Gasteiger partial charge in [0, 0.05) is 10.0 Å². The molecule has 0 radical (unpaired) electrons. The number of halogens is 2. The van der Waals surface area contributed by atoms with E-state index < -0.39 is 23.9 Å². The average molecular weight is 462 g/mol. The summed E-state index contributed by atoms with van der Waals surface area (Å²) in [7, 11) is 1.46. The fourth-order valence-corrected chi connectivity index (χ4v) is 3.79. The highest BCUT2D eigenvalue weighted by atomic mass is 35.5. The van der Waals surface area contributed by atoms with E-state index in [0.29, 0.717) is 32.7 Å². The number of nitrogens with zero attached hydrogens (tertiary/aromatic N) is 1. The molecule has 0 aliphatic carbocycles. The smallest absolute Gasteiger partial charge is 0.338 e. The highest BCUT2D eigenvalue weighted by Crippen LogP contribution is 2.35. The number of methoxy groups -OCH3 is 1. The number of esters is 1. The normalized spacial score (nSPS) is 17.8. The Kier molecular flexibility index (Phi) is 5.75. The topological polar surface area (TPSA) is 97.0 Å². The van der Waals surface area contributed by atoms with Gasteiger partial charge in [-0.2, -0.15) is 0 Å². The van der Waals surface area contributed by atoms with E-state index in [1.54, 1.807) is 36.4 Å². The maximum absolute atomic E-state index is 12.8. The third-order valence-electron chi connectivity index (χ3n) is 4.94. The average Bonchev–Trinajstić information content (AvgIpc) is 3.12. The Morgan fingerprint density at radius 3 is 2.61 bits per heavy atom. The van der Waals surface area contributed by atoms with Crippen molar-refractivity contribution in [1.82, 2.24) is 10.2 Å². The van der Waals surface area contributed by atoms with Crippen LogP contribution in [0.15, 0.2) is 53.7 Å². The number of hydrogen-bond acceptors (Lipinski definition) is 5. The van der Waals surface area contributed by atoms with Gasteiger partial charge in [-0.05, 0) is 35.9 Å². The number of rotatable bonds is 5. The third kappa shape index (κ3) is 4.17. The summed E-state index contributed by atoms with van der Waals surface area (Å²) >= 11 is 11.9. The number of urea groups is 1. The number of carbonyl (C=O) groups excluding carboxylic acids is 3. The van der Waals surface area contributed by atoms with E-state index in [9.17, 15) is 14.4 Å². The lowest BCUT2D eigenvalue weighted by molar-refractivity contribution is -0.136. The zero-order chi connectivity index (χ0) is 22.1. The fourth-order valence-electron chi connectivity index (χ4n) is 3.49. The van der Waals surface area contributed by atoms with Crippen LogP contribution in [0.2, 0.25) is 10.0 Å². The predicted octanol–water partition coefficient (Wildman–Crippen LogP) is 3.52. The van der Waals surface area contributed by atoms with Crippen LogP contribution in [0.3, 0.4) is 0 Å². The van der Waals surface area contributed by atoms with Crippen molar-refractivity contribution in [3.05, 3.63) is 69.3 Å². The molecule has 0 unspecified atom stereocenters. The molecule has 2 aromatic carbocycles. The van der Waals surface area contributed by atoms with E-state index in [4.69, 9.17) is 32.7 Å². The molecule has 0 spiro atoms. The number of carbonyl (C=O) groups is 3. The molecule has 0 aromatic heterocycles. The van der Waals surface area contributed by atoms with Crippen molar-refractivity contribution in [3.63, 3.8) is 0 Å². The molecule has 160 valence electrons. The fraction of sp³-hybridized carbons (Fsp3) is 0.190. The molecular weight excluding hydrogens is 445 g/mol. The molecular formula is C21H17Cl2N3O5. The van der Waals surface area contributed by atoms with E-state index in [1.165, 1.54) is 18.1 Å². The third-order valence-corrected chi connectivity index (χ3v) is 5.43. The van der Waals surface area contributed by atoms with Crippen LogP contribution in [-0.2, 0) is 14.3 Å². The minimum Gasteiger partial charge on any atom is -0.495 e. The summed E-state index contributed by atoms with van der Waals surface area (Å²) in [4.78, 5) is 39.1. The molecule has 8 nitrogen and oxygen atoms in total. The molecule has 2 aliphatic rings. The van der Waals surface area contributed by atoms with Crippen LogP contribution < -0.4 is 15.4 Å². The highest BCUT2D eigenvalue weighted by Gasteiger charge is 2.42. The molecule has 10 heteroatoms. The van der Waals surface area contributed by atoms with Gasteiger partial charge in [0.2, 0.25) is 5.91 Å². The molecule has 2 heterocycles. The molecule has 2 N–H and O–H groups in total. The van der Waals surface area contributed by atoms with Gasteiger partial charge in [-0.15, -0.1) is 0 Å². The van der Waals surface area contributed by atoms with Crippen LogP contribution in [0.5, 0.6) is 5.75 Å². The van der Waals surface area contributed by atoms with Crippen molar-refractivity contribution < 1.29 is 23.9 Å². The van der Waals surface area contributed by atoms with Crippen molar-refractivity contribution in [2.24, 2.45) is 0 Å². The zero-order valence-electron chi connectivity index (χ0n) is 16.3. The SMILES string of the molecule is COc1ccc(Cl)cc1NC(=O)CN1C(=O)N[C@H](c2ccc(Cl)cc2)C2=C1COC2=O. The lowest BCUT2D eigenvalue weighted by atomic mass is 9.96. The first-order valence-corrected chi connectivity index (χ1v) is 10.00. The van der Waals surface area contributed by atoms with Crippen molar-refractivity contribution in [1.29, 1.82) is 0 Å². The number of anilines is 1. The summed E-state index contributed by atoms with van der Waals surface area (Å²) < 4.78 is 10.4. The van der Waals surface area contributed by atoms with Gasteiger partial charge >= 0.3 is 12.0 Å². The molecule has 2 aliphatic heterocycles. The standard InChI is InChI=1S/C21H17Cl2N3O5/c1-30-16-7-6-13(23)8-14(16)24-17(27)9-26-15-10-31-20(28)18(15)19(25-21(26)29)11-2-4-12(22)5-3-11/h2-8,19H,9-10H2,1H3,(H,24,27)(H,25,29)/t19-/m1/s1. The van der Waals surface area contributed by atoms with E-state index >= 15 is 0 Å². The molecule has 3 amide bonds. The predicted molar refractivity (Wildman–Crippen MR) is 114 cm³/mol. The number of nitrogens with one attached hydrogen (secondary N) is 2. The number of ether oxygens (including phenoxy) is 2. The van der Waals surface area contributed by atoms with Crippen LogP contribution in [-0.4, -0.2) is 43.1 Å². The number of hydrogen-bond donors (Lipinski definition) is 2. The van der Waals surface area contributed by atoms with E-state index in [0.717, 1.165) is 0 Å². The summed E-state index contributed by atoms with van der Waals surface area (Å²) in [5.74, 6) is -0.619. The van der Waals surface area contributed by atoms with Gasteiger partial charge in [-0.1, -0.05) is 35.3 Å². The molecule has 31 heavy (non-hydrogen) atoms. The van der Waals surface area contributed by atoms with Crippen LogP contribution >= 0.6 is 23.2 Å².